The Balaban J connectivity index is 2.22. The largest absolute Gasteiger partial charge is 0.381 e. The lowest BCUT2D eigenvalue weighted by atomic mass is 10.1. The van der Waals surface area contributed by atoms with Crippen LogP contribution in [-0.2, 0) is 6.54 Å². The predicted octanol–water partition coefficient (Wildman–Crippen LogP) is 4.31. The van der Waals surface area contributed by atoms with Gasteiger partial charge in [0, 0.05) is 23.3 Å². The first-order valence-electron chi connectivity index (χ1n) is 5.89. The lowest BCUT2D eigenvalue weighted by Gasteiger charge is -2.08. The number of aryl methyl sites for hydroxylation is 1. The van der Waals surface area contributed by atoms with Crippen molar-refractivity contribution in [3.8, 4) is 0 Å². The van der Waals surface area contributed by atoms with E-state index in [9.17, 15) is 14.5 Å². The minimum atomic E-state index is -0.468. The van der Waals surface area contributed by atoms with Crippen molar-refractivity contribution in [2.24, 2.45) is 0 Å². The summed E-state index contributed by atoms with van der Waals surface area (Å²) in [5.74, 6) is -0.354. The Morgan fingerprint density at radius 2 is 2.05 bits per heavy atom. The lowest BCUT2D eigenvalue weighted by molar-refractivity contribution is -0.385. The van der Waals surface area contributed by atoms with Crippen molar-refractivity contribution < 1.29 is 9.31 Å². The molecular weight excluding hydrogens is 283 g/mol. The number of halogens is 2. The molecular formula is C14H12ClFN2O2. The van der Waals surface area contributed by atoms with E-state index in [0.717, 1.165) is 5.56 Å². The average molecular weight is 295 g/mol. The van der Waals surface area contributed by atoms with Crippen LogP contribution in [0.2, 0.25) is 5.02 Å². The number of nitrogens with one attached hydrogen (secondary N) is 1. The fourth-order valence-corrected chi connectivity index (χ4v) is 2.10. The van der Waals surface area contributed by atoms with Gasteiger partial charge in [-0.05, 0) is 42.8 Å². The summed E-state index contributed by atoms with van der Waals surface area (Å²) in [6.07, 6.45) is 0. The van der Waals surface area contributed by atoms with Gasteiger partial charge in [0.1, 0.15) is 5.82 Å². The van der Waals surface area contributed by atoms with Crippen molar-refractivity contribution >= 4 is 23.0 Å². The van der Waals surface area contributed by atoms with Gasteiger partial charge in [-0.25, -0.2) is 4.39 Å². The highest BCUT2D eigenvalue weighted by Crippen LogP contribution is 2.24. The molecule has 1 N–H and O–H groups in total. The molecule has 0 aliphatic rings. The van der Waals surface area contributed by atoms with Crippen molar-refractivity contribution in [3.05, 3.63) is 68.5 Å². The molecule has 20 heavy (non-hydrogen) atoms. The molecule has 0 bridgehead atoms. The van der Waals surface area contributed by atoms with Crippen LogP contribution in [0.4, 0.5) is 15.8 Å². The van der Waals surface area contributed by atoms with Gasteiger partial charge in [-0.15, -0.1) is 0 Å². The molecule has 0 heterocycles. The first-order valence-corrected chi connectivity index (χ1v) is 6.27. The second-order valence-corrected chi connectivity index (χ2v) is 4.84. The lowest BCUT2D eigenvalue weighted by Crippen LogP contribution is -2.03. The molecule has 0 spiro atoms. The standard InChI is InChI=1S/C14H12ClFN2O2/c1-9-4-12(16)7-13(5-9)17-8-10-6-11(15)2-3-14(10)18(19)20/h2-7,17H,8H2,1H3. The molecule has 0 aliphatic carbocycles. The van der Waals surface area contributed by atoms with E-state index in [2.05, 4.69) is 5.32 Å². The smallest absolute Gasteiger partial charge is 0.274 e. The Morgan fingerprint density at radius 1 is 1.30 bits per heavy atom. The normalized spacial score (nSPS) is 10.3. The Morgan fingerprint density at radius 3 is 2.70 bits per heavy atom. The number of anilines is 1. The zero-order chi connectivity index (χ0) is 14.7. The Kier molecular flexibility index (Phi) is 4.20. The molecule has 2 aromatic carbocycles. The van der Waals surface area contributed by atoms with Crippen LogP contribution < -0.4 is 5.32 Å². The number of nitro benzene ring substituents is 1. The summed E-state index contributed by atoms with van der Waals surface area (Å²) >= 11 is 5.84. The number of rotatable bonds is 4. The van der Waals surface area contributed by atoms with Gasteiger partial charge in [0.25, 0.3) is 5.69 Å². The van der Waals surface area contributed by atoms with Crippen LogP contribution in [0.15, 0.2) is 36.4 Å². The molecule has 104 valence electrons. The molecule has 2 aromatic rings. The molecule has 0 amide bonds. The number of nitro groups is 1. The van der Waals surface area contributed by atoms with Gasteiger partial charge >= 0.3 is 0 Å². The Hall–Kier alpha value is -2.14. The van der Waals surface area contributed by atoms with Crippen molar-refractivity contribution in [1.29, 1.82) is 0 Å². The van der Waals surface area contributed by atoms with Crippen LogP contribution in [0.25, 0.3) is 0 Å². The molecule has 0 aromatic heterocycles. The van der Waals surface area contributed by atoms with E-state index in [1.807, 2.05) is 0 Å². The molecule has 0 atom stereocenters. The molecule has 4 nitrogen and oxygen atoms in total. The van der Waals surface area contributed by atoms with Crippen LogP contribution in [0.5, 0.6) is 0 Å². The highest BCUT2D eigenvalue weighted by Gasteiger charge is 2.13. The zero-order valence-corrected chi connectivity index (χ0v) is 11.4. The first-order chi connectivity index (χ1) is 9.45. The SMILES string of the molecule is Cc1cc(F)cc(NCc2cc(Cl)ccc2[N+](=O)[O-])c1. The molecule has 0 unspecified atom stereocenters. The maximum absolute atomic E-state index is 13.3. The number of hydrogen-bond donors (Lipinski definition) is 1. The summed E-state index contributed by atoms with van der Waals surface area (Å²) in [5.41, 5.74) is 1.77. The predicted molar refractivity (Wildman–Crippen MR) is 76.6 cm³/mol. The van der Waals surface area contributed by atoms with Gasteiger partial charge in [0.05, 0.1) is 10.5 Å². The molecule has 0 saturated heterocycles. The quantitative estimate of drug-likeness (QED) is 0.675. The van der Waals surface area contributed by atoms with Crippen molar-refractivity contribution in [1.82, 2.24) is 0 Å². The average Bonchev–Trinajstić information content (AvgIpc) is 2.35. The summed E-state index contributed by atoms with van der Waals surface area (Å²) in [6.45, 7) is 1.97. The molecule has 0 aliphatic heterocycles. The highest BCUT2D eigenvalue weighted by molar-refractivity contribution is 6.30. The minimum Gasteiger partial charge on any atom is -0.381 e. The fraction of sp³-hybridized carbons (Fsp3) is 0.143. The van der Waals surface area contributed by atoms with E-state index in [1.54, 1.807) is 13.0 Å². The number of benzene rings is 2. The fourth-order valence-electron chi connectivity index (χ4n) is 1.91. The Bertz CT molecular complexity index is 641. The van der Waals surface area contributed by atoms with Gasteiger partial charge in [0.2, 0.25) is 0 Å². The zero-order valence-electron chi connectivity index (χ0n) is 10.7. The highest BCUT2D eigenvalue weighted by atomic mass is 35.5. The first kappa shape index (κ1) is 14.3. The Labute approximate surface area is 120 Å². The van der Waals surface area contributed by atoms with Crippen molar-refractivity contribution in [2.45, 2.75) is 13.5 Å². The van der Waals surface area contributed by atoms with Crippen LogP contribution in [0, 0.1) is 22.9 Å². The minimum absolute atomic E-state index is 0.0185. The second-order valence-electron chi connectivity index (χ2n) is 4.40. The third kappa shape index (κ3) is 3.45. The maximum Gasteiger partial charge on any atom is 0.274 e. The molecule has 6 heteroatoms. The van der Waals surface area contributed by atoms with Crippen LogP contribution in [-0.4, -0.2) is 4.92 Å². The van der Waals surface area contributed by atoms with E-state index < -0.39 is 4.92 Å². The van der Waals surface area contributed by atoms with E-state index in [0.29, 0.717) is 16.3 Å². The van der Waals surface area contributed by atoms with Crippen molar-refractivity contribution in [2.75, 3.05) is 5.32 Å². The molecule has 2 rings (SSSR count). The monoisotopic (exact) mass is 294 g/mol. The topological polar surface area (TPSA) is 55.2 Å². The third-order valence-electron chi connectivity index (χ3n) is 2.76. The summed E-state index contributed by atoms with van der Waals surface area (Å²) in [5, 5.41) is 14.3. The van der Waals surface area contributed by atoms with Gasteiger partial charge in [-0.2, -0.15) is 0 Å². The summed E-state index contributed by atoms with van der Waals surface area (Å²) in [6, 6.07) is 8.86. The summed E-state index contributed by atoms with van der Waals surface area (Å²) in [4.78, 5) is 10.5. The van der Waals surface area contributed by atoms with Crippen LogP contribution >= 0.6 is 11.6 Å². The van der Waals surface area contributed by atoms with E-state index in [-0.39, 0.29) is 18.0 Å². The molecule has 0 radical (unpaired) electrons. The molecule has 0 saturated carbocycles. The van der Waals surface area contributed by atoms with E-state index in [1.165, 1.54) is 30.3 Å². The number of hydrogen-bond acceptors (Lipinski definition) is 3. The van der Waals surface area contributed by atoms with E-state index >= 15 is 0 Å². The van der Waals surface area contributed by atoms with Gasteiger partial charge in [0.15, 0.2) is 0 Å². The summed E-state index contributed by atoms with van der Waals surface area (Å²) < 4.78 is 13.3. The van der Waals surface area contributed by atoms with E-state index in [4.69, 9.17) is 11.6 Å². The molecule has 0 fully saturated rings. The second kappa shape index (κ2) is 5.88. The van der Waals surface area contributed by atoms with Crippen molar-refractivity contribution in [3.63, 3.8) is 0 Å². The number of nitrogens with zero attached hydrogens (tertiary/aromatic N) is 1. The van der Waals surface area contributed by atoms with Gasteiger partial charge in [-0.3, -0.25) is 10.1 Å². The van der Waals surface area contributed by atoms with Crippen LogP contribution in [0.3, 0.4) is 0 Å². The maximum atomic E-state index is 13.3. The third-order valence-corrected chi connectivity index (χ3v) is 3.00. The summed E-state index contributed by atoms with van der Waals surface area (Å²) in [7, 11) is 0. The van der Waals surface area contributed by atoms with Gasteiger partial charge < -0.3 is 5.32 Å². The van der Waals surface area contributed by atoms with Crippen LogP contribution in [0.1, 0.15) is 11.1 Å². The van der Waals surface area contributed by atoms with Gasteiger partial charge in [-0.1, -0.05) is 11.6 Å².